The van der Waals surface area contributed by atoms with Crippen molar-refractivity contribution >= 4 is 24.0 Å². The predicted molar refractivity (Wildman–Crippen MR) is 111 cm³/mol. The SMILES string of the molecule is COc1cccc(C(=O)N2CCC(C(=O)NN=Cc3ccc(C(=O)O)cc3)CC2)c1. The average Bonchev–Trinajstić information content (AvgIpc) is 2.79. The second-order valence-corrected chi connectivity index (χ2v) is 6.96. The zero-order chi connectivity index (χ0) is 21.5. The molecule has 0 aromatic heterocycles. The summed E-state index contributed by atoms with van der Waals surface area (Å²) >= 11 is 0. The Morgan fingerprint density at radius 1 is 1.10 bits per heavy atom. The maximum atomic E-state index is 12.6. The normalized spacial score (nSPS) is 14.5. The van der Waals surface area contributed by atoms with Crippen molar-refractivity contribution in [1.29, 1.82) is 0 Å². The van der Waals surface area contributed by atoms with Crippen molar-refractivity contribution in [2.24, 2.45) is 11.0 Å². The zero-order valence-corrected chi connectivity index (χ0v) is 16.6. The number of carbonyl (C=O) groups is 3. The number of likely N-dealkylation sites (tertiary alicyclic amines) is 1. The number of amides is 2. The minimum Gasteiger partial charge on any atom is -0.497 e. The number of carbonyl (C=O) groups excluding carboxylic acids is 2. The predicted octanol–water partition coefficient (Wildman–Crippen LogP) is 2.40. The molecule has 2 aromatic carbocycles. The number of aromatic carboxylic acids is 1. The molecule has 8 heteroatoms. The highest BCUT2D eigenvalue weighted by molar-refractivity contribution is 5.95. The van der Waals surface area contributed by atoms with Crippen molar-refractivity contribution in [3.05, 3.63) is 65.2 Å². The van der Waals surface area contributed by atoms with E-state index in [1.54, 1.807) is 48.4 Å². The van der Waals surface area contributed by atoms with Crippen LogP contribution in [-0.4, -0.2) is 54.2 Å². The molecular formula is C22H23N3O5. The number of ether oxygens (including phenoxy) is 1. The Kier molecular flexibility index (Phi) is 6.79. The fourth-order valence-electron chi connectivity index (χ4n) is 3.26. The molecule has 0 saturated carbocycles. The third-order valence-corrected chi connectivity index (χ3v) is 5.02. The molecule has 0 aliphatic carbocycles. The van der Waals surface area contributed by atoms with Gasteiger partial charge in [-0.25, -0.2) is 10.2 Å². The summed E-state index contributed by atoms with van der Waals surface area (Å²) in [5.74, 6) is -0.850. The number of methoxy groups -OCH3 is 1. The molecule has 1 saturated heterocycles. The van der Waals surface area contributed by atoms with Crippen LogP contribution in [-0.2, 0) is 4.79 Å². The van der Waals surface area contributed by atoms with E-state index in [1.165, 1.54) is 18.3 Å². The molecule has 1 aliphatic rings. The van der Waals surface area contributed by atoms with Crippen LogP contribution in [0.4, 0.5) is 0 Å². The molecule has 1 aliphatic heterocycles. The van der Waals surface area contributed by atoms with Gasteiger partial charge in [0.1, 0.15) is 5.75 Å². The number of hydrogen-bond acceptors (Lipinski definition) is 5. The fourth-order valence-corrected chi connectivity index (χ4v) is 3.26. The Balaban J connectivity index is 1.48. The minimum absolute atomic E-state index is 0.0735. The third-order valence-electron chi connectivity index (χ3n) is 5.02. The second-order valence-electron chi connectivity index (χ2n) is 6.96. The van der Waals surface area contributed by atoms with Gasteiger partial charge >= 0.3 is 5.97 Å². The standard InChI is InChI=1S/C22H23N3O5/c1-30-19-4-2-3-18(13-19)21(27)25-11-9-16(10-12-25)20(26)24-23-14-15-5-7-17(8-6-15)22(28)29/h2-8,13-14,16H,9-12H2,1H3,(H,24,26)(H,28,29). The zero-order valence-electron chi connectivity index (χ0n) is 16.6. The molecule has 2 aromatic rings. The first-order valence-electron chi connectivity index (χ1n) is 9.57. The molecule has 2 amide bonds. The summed E-state index contributed by atoms with van der Waals surface area (Å²) in [7, 11) is 1.56. The molecule has 0 unspecified atom stereocenters. The van der Waals surface area contributed by atoms with Crippen LogP contribution in [0.5, 0.6) is 5.75 Å². The van der Waals surface area contributed by atoms with E-state index in [4.69, 9.17) is 9.84 Å². The number of hydrogen-bond donors (Lipinski definition) is 2. The lowest BCUT2D eigenvalue weighted by molar-refractivity contribution is -0.126. The summed E-state index contributed by atoms with van der Waals surface area (Å²) in [4.78, 5) is 37.6. The largest absolute Gasteiger partial charge is 0.497 e. The summed E-state index contributed by atoms with van der Waals surface area (Å²) in [5.41, 5.74) is 3.95. The van der Waals surface area contributed by atoms with Crippen molar-refractivity contribution in [1.82, 2.24) is 10.3 Å². The molecule has 0 spiro atoms. The summed E-state index contributed by atoms with van der Waals surface area (Å²) < 4.78 is 5.16. The number of nitrogens with one attached hydrogen (secondary N) is 1. The average molecular weight is 409 g/mol. The first kappa shape index (κ1) is 21.0. The molecule has 3 rings (SSSR count). The van der Waals surface area contributed by atoms with Gasteiger partial charge in [-0.3, -0.25) is 9.59 Å². The Hall–Kier alpha value is -3.68. The highest BCUT2D eigenvalue weighted by atomic mass is 16.5. The van der Waals surface area contributed by atoms with Crippen molar-refractivity contribution in [2.75, 3.05) is 20.2 Å². The van der Waals surface area contributed by atoms with E-state index in [-0.39, 0.29) is 23.3 Å². The first-order valence-corrected chi connectivity index (χ1v) is 9.57. The summed E-state index contributed by atoms with van der Waals surface area (Å²) in [6.07, 6.45) is 2.58. The van der Waals surface area contributed by atoms with Crippen molar-refractivity contribution in [3.8, 4) is 5.75 Å². The summed E-state index contributed by atoms with van der Waals surface area (Å²) in [6.45, 7) is 0.989. The quantitative estimate of drug-likeness (QED) is 0.563. The number of benzene rings is 2. The van der Waals surface area contributed by atoms with Crippen LogP contribution in [0.3, 0.4) is 0 Å². The molecule has 30 heavy (non-hydrogen) atoms. The molecular weight excluding hydrogens is 386 g/mol. The van der Waals surface area contributed by atoms with E-state index in [2.05, 4.69) is 10.5 Å². The fraction of sp³-hybridized carbons (Fsp3) is 0.273. The van der Waals surface area contributed by atoms with Gasteiger partial charge in [-0.15, -0.1) is 0 Å². The number of carboxylic acid groups (broad SMARTS) is 1. The van der Waals surface area contributed by atoms with E-state index in [9.17, 15) is 14.4 Å². The second kappa shape index (κ2) is 9.69. The van der Waals surface area contributed by atoms with Gasteiger partial charge in [-0.1, -0.05) is 18.2 Å². The Labute approximate surface area is 174 Å². The van der Waals surface area contributed by atoms with Crippen LogP contribution in [0.25, 0.3) is 0 Å². The van der Waals surface area contributed by atoms with Crippen LogP contribution in [0, 0.1) is 5.92 Å². The van der Waals surface area contributed by atoms with Gasteiger partial charge in [0.25, 0.3) is 5.91 Å². The first-order chi connectivity index (χ1) is 14.5. The highest BCUT2D eigenvalue weighted by Gasteiger charge is 2.27. The number of nitrogens with zero attached hydrogens (tertiary/aromatic N) is 2. The van der Waals surface area contributed by atoms with E-state index in [1.807, 2.05) is 0 Å². The number of hydrazone groups is 1. The monoisotopic (exact) mass is 409 g/mol. The smallest absolute Gasteiger partial charge is 0.335 e. The van der Waals surface area contributed by atoms with Crippen LogP contribution >= 0.6 is 0 Å². The number of piperidine rings is 1. The van der Waals surface area contributed by atoms with Crippen molar-refractivity contribution in [3.63, 3.8) is 0 Å². The van der Waals surface area contributed by atoms with E-state index < -0.39 is 5.97 Å². The maximum absolute atomic E-state index is 12.6. The molecule has 0 bridgehead atoms. The van der Waals surface area contributed by atoms with Gasteiger partial charge in [-0.05, 0) is 48.7 Å². The van der Waals surface area contributed by atoms with E-state index in [0.29, 0.717) is 42.8 Å². The summed E-state index contributed by atoms with van der Waals surface area (Å²) in [5, 5.41) is 12.8. The Morgan fingerprint density at radius 2 is 1.80 bits per heavy atom. The van der Waals surface area contributed by atoms with Gasteiger partial charge in [0.2, 0.25) is 5.91 Å². The van der Waals surface area contributed by atoms with Crippen LogP contribution in [0.15, 0.2) is 53.6 Å². The van der Waals surface area contributed by atoms with Gasteiger partial charge in [0.15, 0.2) is 0 Å². The van der Waals surface area contributed by atoms with Crippen molar-refractivity contribution < 1.29 is 24.2 Å². The molecule has 1 fully saturated rings. The maximum Gasteiger partial charge on any atom is 0.335 e. The lowest BCUT2D eigenvalue weighted by Gasteiger charge is -2.31. The topological polar surface area (TPSA) is 108 Å². The molecule has 2 N–H and O–H groups in total. The van der Waals surface area contributed by atoms with Crippen LogP contribution in [0.2, 0.25) is 0 Å². The molecule has 156 valence electrons. The Bertz CT molecular complexity index is 948. The molecule has 8 nitrogen and oxygen atoms in total. The van der Waals surface area contributed by atoms with Gasteiger partial charge in [-0.2, -0.15) is 5.10 Å². The molecule has 0 radical (unpaired) electrons. The van der Waals surface area contributed by atoms with Crippen molar-refractivity contribution in [2.45, 2.75) is 12.8 Å². The summed E-state index contributed by atoms with van der Waals surface area (Å²) in [6, 6.07) is 13.2. The van der Waals surface area contributed by atoms with E-state index in [0.717, 1.165) is 0 Å². The van der Waals surface area contributed by atoms with Crippen LogP contribution < -0.4 is 10.2 Å². The Morgan fingerprint density at radius 3 is 2.43 bits per heavy atom. The number of rotatable bonds is 6. The highest BCUT2D eigenvalue weighted by Crippen LogP contribution is 2.21. The van der Waals surface area contributed by atoms with E-state index >= 15 is 0 Å². The number of carboxylic acids is 1. The minimum atomic E-state index is -0.997. The van der Waals surface area contributed by atoms with Gasteiger partial charge in [0, 0.05) is 24.6 Å². The van der Waals surface area contributed by atoms with Crippen LogP contribution in [0.1, 0.15) is 39.1 Å². The molecule has 1 heterocycles. The lowest BCUT2D eigenvalue weighted by atomic mass is 9.95. The van der Waals surface area contributed by atoms with Gasteiger partial charge in [0.05, 0.1) is 18.9 Å². The lowest BCUT2D eigenvalue weighted by Crippen LogP contribution is -2.42. The molecule has 0 atom stereocenters. The van der Waals surface area contributed by atoms with Gasteiger partial charge < -0.3 is 14.7 Å². The third kappa shape index (κ3) is 5.22.